The van der Waals surface area contributed by atoms with Crippen molar-refractivity contribution in [3.8, 4) is 5.75 Å². The number of aliphatic hydroxyl groups is 2. The smallest absolute Gasteiger partial charge is 0.295 e. The summed E-state index contributed by atoms with van der Waals surface area (Å²) in [4.78, 5) is 37.3. The Morgan fingerprint density at radius 1 is 1.20 bits per heavy atom. The summed E-state index contributed by atoms with van der Waals surface area (Å²) < 4.78 is 5.09. The second-order valence-corrected chi connectivity index (χ2v) is 6.65. The van der Waals surface area contributed by atoms with E-state index < -0.39 is 22.7 Å². The normalized spacial score (nSPS) is 17.9. The number of Topliss-reactive ketones (excluding diaryl/α,β-unsaturated/α-hetero) is 1. The van der Waals surface area contributed by atoms with Gasteiger partial charge < -0.3 is 19.8 Å². The SMILES string of the molecule is COc1ccc(/C(O)=C2\C(=O)C(=O)N(CCCO)[C@H]2c2cccc([N+](=O)[O-])c2)cc1. The number of amides is 1. The predicted octanol–water partition coefficient (Wildman–Crippen LogP) is 2.41. The summed E-state index contributed by atoms with van der Waals surface area (Å²) in [6.45, 7) is -0.156. The first kappa shape index (κ1) is 21.0. The monoisotopic (exact) mass is 412 g/mol. The van der Waals surface area contributed by atoms with Crippen molar-refractivity contribution < 1.29 is 29.5 Å². The number of rotatable bonds is 7. The summed E-state index contributed by atoms with van der Waals surface area (Å²) in [5.74, 6) is -1.57. The van der Waals surface area contributed by atoms with Crippen LogP contribution in [0.3, 0.4) is 0 Å². The number of nitro benzene ring substituents is 1. The third-order valence-corrected chi connectivity index (χ3v) is 4.86. The van der Waals surface area contributed by atoms with Gasteiger partial charge in [0.1, 0.15) is 11.5 Å². The molecule has 9 heteroatoms. The third-order valence-electron chi connectivity index (χ3n) is 4.86. The molecule has 0 spiro atoms. The molecule has 1 amide bonds. The number of aliphatic hydroxyl groups excluding tert-OH is 2. The maximum atomic E-state index is 12.8. The fourth-order valence-electron chi connectivity index (χ4n) is 3.41. The molecule has 3 rings (SSSR count). The number of benzene rings is 2. The highest BCUT2D eigenvalue weighted by Crippen LogP contribution is 2.40. The van der Waals surface area contributed by atoms with E-state index in [0.717, 1.165) is 0 Å². The van der Waals surface area contributed by atoms with E-state index in [4.69, 9.17) is 9.84 Å². The second-order valence-electron chi connectivity index (χ2n) is 6.65. The van der Waals surface area contributed by atoms with Gasteiger partial charge in [-0.25, -0.2) is 0 Å². The van der Waals surface area contributed by atoms with Gasteiger partial charge in [0.15, 0.2) is 0 Å². The number of ketones is 1. The number of nitrogens with zero attached hydrogens (tertiary/aromatic N) is 2. The first-order chi connectivity index (χ1) is 14.4. The summed E-state index contributed by atoms with van der Waals surface area (Å²) >= 11 is 0. The zero-order chi connectivity index (χ0) is 21.8. The van der Waals surface area contributed by atoms with Gasteiger partial charge in [-0.1, -0.05) is 12.1 Å². The molecule has 0 aromatic heterocycles. The minimum Gasteiger partial charge on any atom is -0.507 e. The predicted molar refractivity (Wildman–Crippen MR) is 107 cm³/mol. The molecule has 1 fully saturated rings. The van der Waals surface area contributed by atoms with Crippen LogP contribution in [0, 0.1) is 10.1 Å². The van der Waals surface area contributed by atoms with Crippen LogP contribution >= 0.6 is 0 Å². The first-order valence-electron chi connectivity index (χ1n) is 9.17. The fraction of sp³-hybridized carbons (Fsp3) is 0.238. The molecule has 0 unspecified atom stereocenters. The van der Waals surface area contributed by atoms with E-state index in [9.17, 15) is 24.8 Å². The molecule has 1 heterocycles. The van der Waals surface area contributed by atoms with E-state index >= 15 is 0 Å². The summed E-state index contributed by atoms with van der Waals surface area (Å²) in [6.07, 6.45) is 0.209. The second kappa shape index (κ2) is 8.75. The molecule has 30 heavy (non-hydrogen) atoms. The van der Waals surface area contributed by atoms with Crippen LogP contribution in [-0.2, 0) is 9.59 Å². The number of nitro groups is 1. The molecular weight excluding hydrogens is 392 g/mol. The molecular formula is C21H20N2O7. The first-order valence-corrected chi connectivity index (χ1v) is 9.17. The molecule has 156 valence electrons. The Hall–Kier alpha value is -3.72. The van der Waals surface area contributed by atoms with Gasteiger partial charge in [0.2, 0.25) is 0 Å². The molecule has 1 saturated heterocycles. The number of ether oxygens (including phenoxy) is 1. The zero-order valence-electron chi connectivity index (χ0n) is 16.1. The molecule has 0 radical (unpaired) electrons. The van der Waals surface area contributed by atoms with E-state index in [0.29, 0.717) is 16.9 Å². The fourth-order valence-corrected chi connectivity index (χ4v) is 3.41. The highest BCUT2D eigenvalue weighted by molar-refractivity contribution is 6.46. The molecule has 2 N–H and O–H groups in total. The molecule has 1 atom stereocenters. The van der Waals surface area contributed by atoms with Crippen LogP contribution in [0.1, 0.15) is 23.6 Å². The number of carbonyl (C=O) groups is 2. The van der Waals surface area contributed by atoms with Crippen molar-refractivity contribution in [2.75, 3.05) is 20.3 Å². The van der Waals surface area contributed by atoms with E-state index in [1.165, 1.54) is 30.2 Å². The molecule has 1 aliphatic heterocycles. The van der Waals surface area contributed by atoms with Gasteiger partial charge in [-0.2, -0.15) is 0 Å². The highest BCUT2D eigenvalue weighted by atomic mass is 16.6. The molecule has 1 aliphatic rings. The minimum atomic E-state index is -1.02. The van der Waals surface area contributed by atoms with E-state index in [2.05, 4.69) is 0 Å². The Bertz CT molecular complexity index is 1010. The lowest BCUT2D eigenvalue weighted by molar-refractivity contribution is -0.384. The standard InChI is InChI=1S/C21H20N2O7/c1-30-16-8-6-13(7-9-16)19(25)17-18(14-4-2-5-15(12-14)23(28)29)22(10-3-11-24)21(27)20(17)26/h2,4-9,12,18,24-25H,3,10-11H2,1H3/b19-17+/t18-/m0/s1. The Balaban J connectivity index is 2.17. The zero-order valence-corrected chi connectivity index (χ0v) is 16.1. The number of hydrogen-bond acceptors (Lipinski definition) is 7. The van der Waals surface area contributed by atoms with Gasteiger partial charge in [0, 0.05) is 30.8 Å². The van der Waals surface area contributed by atoms with Crippen molar-refractivity contribution in [2.45, 2.75) is 12.5 Å². The summed E-state index contributed by atoms with van der Waals surface area (Å²) in [7, 11) is 1.49. The number of likely N-dealkylation sites (tertiary alicyclic amines) is 1. The maximum Gasteiger partial charge on any atom is 0.295 e. The highest BCUT2D eigenvalue weighted by Gasteiger charge is 2.46. The van der Waals surface area contributed by atoms with Crippen LogP contribution in [0.25, 0.3) is 5.76 Å². The van der Waals surface area contributed by atoms with E-state index in [-0.39, 0.29) is 36.6 Å². The Morgan fingerprint density at radius 3 is 2.50 bits per heavy atom. The van der Waals surface area contributed by atoms with Gasteiger partial charge >= 0.3 is 0 Å². The lowest BCUT2D eigenvalue weighted by Crippen LogP contribution is -2.31. The Morgan fingerprint density at radius 2 is 1.90 bits per heavy atom. The van der Waals surface area contributed by atoms with Crippen molar-refractivity contribution in [2.24, 2.45) is 0 Å². The van der Waals surface area contributed by atoms with Gasteiger partial charge in [0.25, 0.3) is 17.4 Å². The quantitative estimate of drug-likeness (QED) is 0.235. The van der Waals surface area contributed by atoms with Gasteiger partial charge in [-0.15, -0.1) is 0 Å². The third kappa shape index (κ3) is 3.87. The van der Waals surface area contributed by atoms with Crippen LogP contribution in [0.2, 0.25) is 0 Å². The largest absolute Gasteiger partial charge is 0.507 e. The lowest BCUT2D eigenvalue weighted by atomic mass is 9.95. The van der Waals surface area contributed by atoms with Crippen LogP contribution in [0.5, 0.6) is 5.75 Å². The Labute approximate surface area is 172 Å². The molecule has 9 nitrogen and oxygen atoms in total. The van der Waals surface area contributed by atoms with Crippen LogP contribution in [0.4, 0.5) is 5.69 Å². The average Bonchev–Trinajstić information content (AvgIpc) is 3.02. The van der Waals surface area contributed by atoms with Crippen molar-refractivity contribution in [3.63, 3.8) is 0 Å². The van der Waals surface area contributed by atoms with Crippen LogP contribution < -0.4 is 4.74 Å². The van der Waals surface area contributed by atoms with Crippen LogP contribution in [0.15, 0.2) is 54.1 Å². The van der Waals surface area contributed by atoms with Gasteiger partial charge in [-0.3, -0.25) is 19.7 Å². The molecule has 2 aromatic rings. The minimum absolute atomic E-state index is 0.0494. The number of methoxy groups -OCH3 is 1. The Kier molecular flexibility index (Phi) is 6.12. The summed E-state index contributed by atoms with van der Waals surface area (Å²) in [5, 5.41) is 31.3. The lowest BCUT2D eigenvalue weighted by Gasteiger charge is -2.25. The van der Waals surface area contributed by atoms with Gasteiger partial charge in [-0.05, 0) is 36.2 Å². The summed E-state index contributed by atoms with van der Waals surface area (Å²) in [6, 6.07) is 10.8. The number of hydrogen-bond donors (Lipinski definition) is 2. The molecule has 2 aromatic carbocycles. The maximum absolute atomic E-state index is 12.8. The van der Waals surface area contributed by atoms with Gasteiger partial charge in [0.05, 0.1) is 23.6 Å². The average molecular weight is 412 g/mol. The molecule has 0 bridgehead atoms. The van der Waals surface area contributed by atoms with Crippen molar-refractivity contribution in [1.29, 1.82) is 0 Å². The topological polar surface area (TPSA) is 130 Å². The summed E-state index contributed by atoms with van der Waals surface area (Å²) in [5.41, 5.74) is 0.246. The van der Waals surface area contributed by atoms with Crippen molar-refractivity contribution >= 4 is 23.1 Å². The number of non-ortho nitro benzene ring substituents is 1. The van der Waals surface area contributed by atoms with Crippen LogP contribution in [-0.4, -0.2) is 52.0 Å². The van der Waals surface area contributed by atoms with E-state index in [1.807, 2.05) is 0 Å². The van der Waals surface area contributed by atoms with Crippen molar-refractivity contribution in [1.82, 2.24) is 4.90 Å². The molecule has 0 aliphatic carbocycles. The van der Waals surface area contributed by atoms with Crippen molar-refractivity contribution in [3.05, 3.63) is 75.3 Å². The van der Waals surface area contributed by atoms with E-state index in [1.54, 1.807) is 30.3 Å². The molecule has 0 saturated carbocycles. The number of carbonyl (C=O) groups excluding carboxylic acids is 2.